The molecule has 0 bridgehead atoms. The fourth-order valence-electron chi connectivity index (χ4n) is 3.04. The van der Waals surface area contributed by atoms with E-state index in [2.05, 4.69) is 36.9 Å². The first-order valence-electron chi connectivity index (χ1n) is 8.88. The zero-order valence-electron chi connectivity index (χ0n) is 16.3. The summed E-state index contributed by atoms with van der Waals surface area (Å²) in [4.78, 5) is 24.9. The molecule has 0 aliphatic rings. The molecule has 9 heteroatoms. The lowest BCUT2D eigenvalue weighted by molar-refractivity contribution is -0.116. The average molecular weight is 457 g/mol. The third-order valence-corrected chi connectivity index (χ3v) is 5.04. The molecule has 0 saturated carbocycles. The lowest BCUT2D eigenvalue weighted by Crippen LogP contribution is -2.22. The van der Waals surface area contributed by atoms with Crippen LogP contribution in [0.25, 0.3) is 0 Å². The van der Waals surface area contributed by atoms with Crippen LogP contribution < -0.4 is 16.4 Å². The first kappa shape index (κ1) is 20.5. The molecule has 0 aliphatic heterocycles. The van der Waals surface area contributed by atoms with Crippen LogP contribution in [0.2, 0.25) is 0 Å². The van der Waals surface area contributed by atoms with Gasteiger partial charge in [-0.15, -0.1) is 5.10 Å². The number of carbonyl (C=O) groups is 2. The molecule has 8 nitrogen and oxygen atoms in total. The number of anilines is 3. The van der Waals surface area contributed by atoms with Crippen molar-refractivity contribution in [2.45, 2.75) is 27.3 Å². The van der Waals surface area contributed by atoms with Crippen LogP contribution in [-0.2, 0) is 11.3 Å². The minimum atomic E-state index is -0.508. The van der Waals surface area contributed by atoms with Crippen molar-refractivity contribution in [1.82, 2.24) is 15.0 Å². The van der Waals surface area contributed by atoms with Gasteiger partial charge in [0.05, 0.1) is 5.69 Å². The van der Waals surface area contributed by atoms with E-state index in [0.717, 1.165) is 26.9 Å². The first-order chi connectivity index (χ1) is 13.8. The number of aryl methyl sites for hydroxylation is 3. The Kier molecular flexibility index (Phi) is 5.97. The standard InChI is InChI=1S/C20H21BrN6O2/c1-11-8-12(2)17(13(3)9-11)24-16(28)10-27-19(22)18(25-26-27)20(29)23-15-7-5-4-6-14(15)21/h4-9H,10,22H2,1-3H3,(H,23,29)(H,24,28). The predicted molar refractivity (Wildman–Crippen MR) is 116 cm³/mol. The summed E-state index contributed by atoms with van der Waals surface area (Å²) < 4.78 is 1.92. The van der Waals surface area contributed by atoms with E-state index >= 15 is 0 Å². The number of aromatic nitrogens is 3. The van der Waals surface area contributed by atoms with Gasteiger partial charge in [-0.05, 0) is 60.0 Å². The van der Waals surface area contributed by atoms with Crippen LogP contribution >= 0.6 is 15.9 Å². The highest BCUT2D eigenvalue weighted by Gasteiger charge is 2.20. The number of hydrogen-bond acceptors (Lipinski definition) is 5. The fourth-order valence-corrected chi connectivity index (χ4v) is 3.42. The van der Waals surface area contributed by atoms with Crippen molar-refractivity contribution in [3.05, 3.63) is 63.3 Å². The number of nitrogens with one attached hydrogen (secondary N) is 2. The zero-order chi connectivity index (χ0) is 21.1. The second-order valence-corrected chi connectivity index (χ2v) is 7.59. The molecule has 3 rings (SSSR count). The Morgan fingerprint density at radius 3 is 2.41 bits per heavy atom. The van der Waals surface area contributed by atoms with Crippen LogP contribution in [0, 0.1) is 20.8 Å². The van der Waals surface area contributed by atoms with E-state index in [1.807, 2.05) is 39.0 Å². The molecular weight excluding hydrogens is 436 g/mol. The van der Waals surface area contributed by atoms with Gasteiger partial charge in [-0.2, -0.15) is 0 Å². The number of rotatable bonds is 5. The van der Waals surface area contributed by atoms with E-state index in [1.165, 1.54) is 4.68 Å². The van der Waals surface area contributed by atoms with E-state index in [-0.39, 0.29) is 24.0 Å². The van der Waals surface area contributed by atoms with Crippen molar-refractivity contribution >= 4 is 44.9 Å². The van der Waals surface area contributed by atoms with Crippen molar-refractivity contribution < 1.29 is 9.59 Å². The molecule has 0 atom stereocenters. The molecule has 0 aliphatic carbocycles. The molecule has 2 amide bonds. The van der Waals surface area contributed by atoms with Gasteiger partial charge in [-0.1, -0.05) is 35.0 Å². The van der Waals surface area contributed by atoms with Crippen LogP contribution in [0.4, 0.5) is 17.2 Å². The molecule has 0 radical (unpaired) electrons. The highest BCUT2D eigenvalue weighted by Crippen LogP contribution is 2.23. The summed E-state index contributed by atoms with van der Waals surface area (Å²) >= 11 is 3.36. The molecule has 4 N–H and O–H groups in total. The normalized spacial score (nSPS) is 10.6. The third kappa shape index (κ3) is 4.62. The number of nitrogens with two attached hydrogens (primary N) is 1. The Balaban J connectivity index is 1.72. The first-order valence-corrected chi connectivity index (χ1v) is 9.68. The second-order valence-electron chi connectivity index (χ2n) is 6.74. The van der Waals surface area contributed by atoms with E-state index in [9.17, 15) is 9.59 Å². The minimum absolute atomic E-state index is 0.0158. The van der Waals surface area contributed by atoms with Gasteiger partial charge in [-0.3, -0.25) is 9.59 Å². The van der Waals surface area contributed by atoms with Crippen molar-refractivity contribution in [2.75, 3.05) is 16.4 Å². The van der Waals surface area contributed by atoms with Crippen molar-refractivity contribution in [2.24, 2.45) is 0 Å². The quantitative estimate of drug-likeness (QED) is 0.543. The Labute approximate surface area is 176 Å². The van der Waals surface area contributed by atoms with Gasteiger partial charge in [0.1, 0.15) is 6.54 Å². The van der Waals surface area contributed by atoms with Crippen LogP contribution in [0.5, 0.6) is 0 Å². The number of hydrogen-bond donors (Lipinski definition) is 3. The number of halogens is 1. The van der Waals surface area contributed by atoms with E-state index in [4.69, 9.17) is 5.73 Å². The summed E-state index contributed by atoms with van der Waals surface area (Å²) in [5.41, 5.74) is 10.4. The van der Waals surface area contributed by atoms with E-state index in [0.29, 0.717) is 5.69 Å². The largest absolute Gasteiger partial charge is 0.382 e. The summed E-state index contributed by atoms with van der Waals surface area (Å²) in [6.07, 6.45) is 0. The molecule has 0 unspecified atom stereocenters. The van der Waals surface area contributed by atoms with Gasteiger partial charge in [0.15, 0.2) is 11.5 Å². The molecule has 29 heavy (non-hydrogen) atoms. The number of para-hydroxylation sites is 1. The molecular formula is C20H21BrN6O2. The number of carbonyl (C=O) groups excluding carboxylic acids is 2. The maximum atomic E-state index is 12.5. The molecule has 1 aromatic heterocycles. The van der Waals surface area contributed by atoms with Crippen molar-refractivity contribution in [3.63, 3.8) is 0 Å². The summed E-state index contributed by atoms with van der Waals surface area (Å²) in [6.45, 7) is 5.71. The maximum Gasteiger partial charge on any atom is 0.280 e. The molecule has 0 fully saturated rings. The lowest BCUT2D eigenvalue weighted by atomic mass is 10.1. The van der Waals surface area contributed by atoms with Gasteiger partial charge in [0.25, 0.3) is 5.91 Å². The monoisotopic (exact) mass is 456 g/mol. The Hall–Kier alpha value is -3.20. The average Bonchev–Trinajstić information content (AvgIpc) is 3.00. The Morgan fingerprint density at radius 2 is 1.76 bits per heavy atom. The smallest absolute Gasteiger partial charge is 0.280 e. The molecule has 1 heterocycles. The maximum absolute atomic E-state index is 12.5. The molecule has 0 spiro atoms. The molecule has 0 saturated heterocycles. The third-order valence-electron chi connectivity index (χ3n) is 4.35. The predicted octanol–water partition coefficient (Wildman–Crippen LogP) is 3.44. The minimum Gasteiger partial charge on any atom is -0.382 e. The highest BCUT2D eigenvalue weighted by molar-refractivity contribution is 9.10. The van der Waals surface area contributed by atoms with Crippen LogP contribution in [-0.4, -0.2) is 26.8 Å². The van der Waals surface area contributed by atoms with Crippen molar-refractivity contribution in [3.8, 4) is 0 Å². The fraction of sp³-hybridized carbons (Fsp3) is 0.200. The van der Waals surface area contributed by atoms with Crippen LogP contribution in [0.3, 0.4) is 0 Å². The number of nitrogens with zero attached hydrogens (tertiary/aromatic N) is 3. The summed E-state index contributed by atoms with van der Waals surface area (Å²) in [7, 11) is 0. The molecule has 2 aromatic carbocycles. The van der Waals surface area contributed by atoms with E-state index in [1.54, 1.807) is 18.2 Å². The Morgan fingerprint density at radius 1 is 1.10 bits per heavy atom. The zero-order valence-corrected chi connectivity index (χ0v) is 17.9. The highest BCUT2D eigenvalue weighted by atomic mass is 79.9. The van der Waals surface area contributed by atoms with Gasteiger partial charge >= 0.3 is 0 Å². The second kappa shape index (κ2) is 8.44. The topological polar surface area (TPSA) is 115 Å². The van der Waals surface area contributed by atoms with Gasteiger partial charge in [-0.25, -0.2) is 4.68 Å². The number of nitrogen functional groups attached to an aromatic ring is 1. The SMILES string of the molecule is Cc1cc(C)c(NC(=O)Cn2nnc(C(=O)Nc3ccccc3Br)c2N)c(C)c1. The van der Waals surface area contributed by atoms with E-state index < -0.39 is 5.91 Å². The molecule has 150 valence electrons. The molecule has 3 aromatic rings. The Bertz CT molecular complexity index is 1070. The van der Waals surface area contributed by atoms with Crippen LogP contribution in [0.15, 0.2) is 40.9 Å². The number of benzene rings is 2. The van der Waals surface area contributed by atoms with Crippen LogP contribution in [0.1, 0.15) is 27.2 Å². The summed E-state index contributed by atoms with van der Waals surface area (Å²) in [5, 5.41) is 13.3. The van der Waals surface area contributed by atoms with Gasteiger partial charge < -0.3 is 16.4 Å². The van der Waals surface area contributed by atoms with Gasteiger partial charge in [0, 0.05) is 10.2 Å². The lowest BCUT2D eigenvalue weighted by Gasteiger charge is -2.13. The van der Waals surface area contributed by atoms with Crippen molar-refractivity contribution in [1.29, 1.82) is 0 Å². The summed E-state index contributed by atoms with van der Waals surface area (Å²) in [5.74, 6) is -0.803. The number of amides is 2. The summed E-state index contributed by atoms with van der Waals surface area (Å²) in [6, 6.07) is 11.2. The van der Waals surface area contributed by atoms with Gasteiger partial charge in [0.2, 0.25) is 5.91 Å².